The fourth-order valence-corrected chi connectivity index (χ4v) is 2.68. The van der Waals surface area contributed by atoms with Gasteiger partial charge in [0.2, 0.25) is 0 Å². The Bertz CT molecular complexity index is 537. The van der Waals surface area contributed by atoms with E-state index in [-0.39, 0.29) is 5.54 Å². The standard InChI is InChI=1S/C19H27N3/c1-4-22-16-8-6-10-18(22)9-5-7-13-19(21-3)14-11-17(20-2)12-15-19/h5-14,16,18,20-21H,4,15H2,1-3H3. The summed E-state index contributed by atoms with van der Waals surface area (Å²) >= 11 is 0. The molecular weight excluding hydrogens is 270 g/mol. The molecule has 2 atom stereocenters. The number of nitrogens with zero attached hydrogens (tertiary/aromatic N) is 1. The molecule has 3 nitrogen and oxygen atoms in total. The molecule has 0 fully saturated rings. The number of nitrogens with one attached hydrogen (secondary N) is 2. The zero-order valence-electron chi connectivity index (χ0n) is 13.8. The number of likely N-dealkylation sites (N-methyl/N-ethyl adjacent to an activating group) is 3. The summed E-state index contributed by atoms with van der Waals surface area (Å²) in [5.41, 5.74) is 1.09. The third-order valence-corrected chi connectivity index (χ3v) is 4.23. The Morgan fingerprint density at radius 1 is 1.32 bits per heavy atom. The van der Waals surface area contributed by atoms with Crippen LogP contribution in [0.5, 0.6) is 0 Å². The zero-order valence-corrected chi connectivity index (χ0v) is 13.8. The molecule has 2 aliphatic rings. The van der Waals surface area contributed by atoms with Crippen molar-refractivity contribution in [1.82, 2.24) is 15.5 Å². The summed E-state index contributed by atoms with van der Waals surface area (Å²) < 4.78 is 0. The summed E-state index contributed by atoms with van der Waals surface area (Å²) in [6.07, 6.45) is 24.8. The highest BCUT2D eigenvalue weighted by atomic mass is 15.1. The van der Waals surface area contributed by atoms with Gasteiger partial charge in [-0.1, -0.05) is 48.6 Å². The number of rotatable bonds is 6. The summed E-state index contributed by atoms with van der Waals surface area (Å²) in [5, 5.41) is 6.58. The van der Waals surface area contributed by atoms with E-state index in [2.05, 4.69) is 89.4 Å². The highest BCUT2D eigenvalue weighted by Gasteiger charge is 2.22. The van der Waals surface area contributed by atoms with Crippen LogP contribution in [0.2, 0.25) is 0 Å². The predicted molar refractivity (Wildman–Crippen MR) is 95.4 cm³/mol. The molecule has 0 amide bonds. The third kappa shape index (κ3) is 4.01. The number of hydrogen-bond donors (Lipinski definition) is 2. The molecule has 1 aliphatic heterocycles. The van der Waals surface area contributed by atoms with Crippen molar-refractivity contribution >= 4 is 0 Å². The monoisotopic (exact) mass is 297 g/mol. The van der Waals surface area contributed by atoms with E-state index in [1.54, 1.807) is 0 Å². The Hall–Kier alpha value is -2.00. The fourth-order valence-electron chi connectivity index (χ4n) is 2.68. The molecule has 0 aromatic heterocycles. The van der Waals surface area contributed by atoms with Gasteiger partial charge in [0.15, 0.2) is 0 Å². The van der Waals surface area contributed by atoms with Gasteiger partial charge in [0.05, 0.1) is 11.6 Å². The molecule has 0 saturated carbocycles. The molecule has 2 unspecified atom stereocenters. The van der Waals surface area contributed by atoms with Crippen LogP contribution in [0.3, 0.4) is 0 Å². The first kappa shape index (κ1) is 16.4. The van der Waals surface area contributed by atoms with E-state index in [4.69, 9.17) is 0 Å². The van der Waals surface area contributed by atoms with Gasteiger partial charge in [-0.05, 0) is 38.7 Å². The average Bonchev–Trinajstić information content (AvgIpc) is 2.59. The lowest BCUT2D eigenvalue weighted by atomic mass is 9.90. The van der Waals surface area contributed by atoms with Gasteiger partial charge in [-0.2, -0.15) is 0 Å². The molecule has 0 bridgehead atoms. The van der Waals surface area contributed by atoms with Crippen LogP contribution >= 0.6 is 0 Å². The molecule has 1 heterocycles. The van der Waals surface area contributed by atoms with Crippen LogP contribution in [0, 0.1) is 0 Å². The van der Waals surface area contributed by atoms with Gasteiger partial charge in [0.25, 0.3) is 0 Å². The summed E-state index contributed by atoms with van der Waals surface area (Å²) in [5.74, 6) is 0. The molecule has 118 valence electrons. The lowest BCUT2D eigenvalue weighted by Gasteiger charge is -2.29. The molecule has 0 saturated heterocycles. The van der Waals surface area contributed by atoms with Crippen molar-refractivity contribution in [3.05, 3.63) is 72.7 Å². The molecule has 2 rings (SSSR count). The second kappa shape index (κ2) is 7.85. The molecule has 3 heteroatoms. The first-order chi connectivity index (χ1) is 10.7. The van der Waals surface area contributed by atoms with E-state index in [0.29, 0.717) is 6.04 Å². The molecule has 0 aromatic carbocycles. The van der Waals surface area contributed by atoms with Crippen molar-refractivity contribution in [3.63, 3.8) is 0 Å². The normalized spacial score (nSPS) is 27.9. The molecule has 0 spiro atoms. The summed E-state index contributed by atoms with van der Waals surface area (Å²) in [4.78, 5) is 2.31. The van der Waals surface area contributed by atoms with Crippen LogP contribution in [0.25, 0.3) is 0 Å². The minimum atomic E-state index is -0.0859. The SMILES string of the molecule is CCN1C=CC=CC1C=CC=CC1(NC)C=CC(NC)=CC1. The van der Waals surface area contributed by atoms with E-state index >= 15 is 0 Å². The Morgan fingerprint density at radius 2 is 2.18 bits per heavy atom. The Kier molecular flexibility index (Phi) is 5.84. The van der Waals surface area contributed by atoms with Crippen molar-refractivity contribution in [2.45, 2.75) is 24.9 Å². The van der Waals surface area contributed by atoms with Gasteiger partial charge in [0.1, 0.15) is 0 Å². The topological polar surface area (TPSA) is 27.3 Å². The van der Waals surface area contributed by atoms with Crippen molar-refractivity contribution < 1.29 is 0 Å². The Morgan fingerprint density at radius 3 is 2.82 bits per heavy atom. The summed E-state index contributed by atoms with van der Waals surface area (Å²) in [6, 6.07) is 0.350. The first-order valence-electron chi connectivity index (χ1n) is 7.96. The third-order valence-electron chi connectivity index (χ3n) is 4.23. The minimum Gasteiger partial charge on any atom is -0.388 e. The van der Waals surface area contributed by atoms with E-state index in [1.165, 1.54) is 5.70 Å². The van der Waals surface area contributed by atoms with Crippen LogP contribution < -0.4 is 10.6 Å². The van der Waals surface area contributed by atoms with Gasteiger partial charge >= 0.3 is 0 Å². The van der Waals surface area contributed by atoms with Gasteiger partial charge in [-0.15, -0.1) is 0 Å². The van der Waals surface area contributed by atoms with Gasteiger partial charge < -0.3 is 15.5 Å². The lowest BCUT2D eigenvalue weighted by molar-refractivity contribution is 0.376. The highest BCUT2D eigenvalue weighted by molar-refractivity contribution is 5.34. The zero-order chi connectivity index (χ0) is 15.8. The lowest BCUT2D eigenvalue weighted by Crippen LogP contribution is -2.40. The molecule has 0 radical (unpaired) electrons. The van der Waals surface area contributed by atoms with Crippen LogP contribution in [0.1, 0.15) is 13.3 Å². The van der Waals surface area contributed by atoms with Crippen molar-refractivity contribution in [2.24, 2.45) is 0 Å². The maximum atomic E-state index is 3.41. The van der Waals surface area contributed by atoms with Gasteiger partial charge in [-0.25, -0.2) is 0 Å². The Balaban J connectivity index is 1.98. The highest BCUT2D eigenvalue weighted by Crippen LogP contribution is 2.21. The molecule has 0 aromatic rings. The first-order valence-corrected chi connectivity index (χ1v) is 7.96. The van der Waals surface area contributed by atoms with Crippen molar-refractivity contribution in [2.75, 3.05) is 20.6 Å². The maximum Gasteiger partial charge on any atom is 0.0657 e. The molecular formula is C19H27N3. The van der Waals surface area contributed by atoms with E-state index in [9.17, 15) is 0 Å². The minimum absolute atomic E-state index is 0.0859. The number of allylic oxidation sites excluding steroid dienone is 5. The smallest absolute Gasteiger partial charge is 0.0657 e. The Labute approximate surface area is 134 Å². The predicted octanol–water partition coefficient (Wildman–Crippen LogP) is 2.89. The molecule has 22 heavy (non-hydrogen) atoms. The second-order valence-corrected chi connectivity index (χ2v) is 5.53. The maximum absolute atomic E-state index is 3.41. The van der Waals surface area contributed by atoms with Crippen LogP contribution in [0.4, 0.5) is 0 Å². The molecule has 2 N–H and O–H groups in total. The van der Waals surface area contributed by atoms with Crippen LogP contribution in [-0.4, -0.2) is 37.1 Å². The quantitative estimate of drug-likeness (QED) is 0.738. The molecule has 1 aliphatic carbocycles. The van der Waals surface area contributed by atoms with Crippen LogP contribution in [0.15, 0.2) is 72.7 Å². The van der Waals surface area contributed by atoms with Gasteiger partial charge in [-0.3, -0.25) is 0 Å². The second-order valence-electron chi connectivity index (χ2n) is 5.53. The summed E-state index contributed by atoms with van der Waals surface area (Å²) in [6.45, 7) is 3.19. The largest absolute Gasteiger partial charge is 0.388 e. The van der Waals surface area contributed by atoms with Crippen LogP contribution in [-0.2, 0) is 0 Å². The number of hydrogen-bond acceptors (Lipinski definition) is 3. The van der Waals surface area contributed by atoms with Gasteiger partial charge in [0, 0.05) is 19.3 Å². The fraction of sp³-hybridized carbons (Fsp3) is 0.368. The summed E-state index contributed by atoms with van der Waals surface area (Å²) in [7, 11) is 3.96. The average molecular weight is 297 g/mol. The van der Waals surface area contributed by atoms with E-state index in [1.807, 2.05) is 14.1 Å². The van der Waals surface area contributed by atoms with Crippen molar-refractivity contribution in [3.8, 4) is 0 Å². The van der Waals surface area contributed by atoms with E-state index in [0.717, 1.165) is 13.0 Å². The van der Waals surface area contributed by atoms with E-state index < -0.39 is 0 Å². The van der Waals surface area contributed by atoms with Crippen molar-refractivity contribution in [1.29, 1.82) is 0 Å².